The van der Waals surface area contributed by atoms with Gasteiger partial charge in [0, 0.05) is 16.8 Å². The number of carbonyl (C=O) groups excluding carboxylic acids is 1. The molecule has 0 radical (unpaired) electrons. The van der Waals surface area contributed by atoms with E-state index in [1.807, 2.05) is 19.9 Å². The Morgan fingerprint density at radius 3 is 2.75 bits per heavy atom. The van der Waals surface area contributed by atoms with Crippen molar-refractivity contribution in [2.45, 2.75) is 13.8 Å². The molecule has 0 aliphatic carbocycles. The van der Waals surface area contributed by atoms with Gasteiger partial charge < -0.3 is 0 Å². The predicted octanol–water partition coefficient (Wildman–Crippen LogP) is 2.41. The van der Waals surface area contributed by atoms with Crippen LogP contribution in [-0.4, -0.2) is 15.9 Å². The van der Waals surface area contributed by atoms with Crippen LogP contribution in [0, 0.1) is 13.8 Å². The zero-order chi connectivity index (χ0) is 11.5. The molecule has 4 nitrogen and oxygen atoms in total. The highest BCUT2D eigenvalue weighted by Gasteiger charge is 2.09. The minimum Gasteiger partial charge on any atom is -0.290 e. The lowest BCUT2D eigenvalue weighted by Gasteiger charge is -2.01. The number of carbonyl (C=O) groups is 1. The normalized spacial score (nSPS) is 10.1. The average Bonchev–Trinajstić information content (AvgIpc) is 2.65. The molecule has 0 saturated heterocycles. The van der Waals surface area contributed by atoms with Crippen molar-refractivity contribution in [1.82, 2.24) is 9.97 Å². The first-order chi connectivity index (χ1) is 7.65. The highest BCUT2D eigenvalue weighted by Crippen LogP contribution is 2.15. The molecule has 0 saturated carbocycles. The fraction of sp³-hybridized carbons (Fsp3) is 0.182. The first kappa shape index (κ1) is 10.8. The second kappa shape index (κ2) is 4.40. The van der Waals surface area contributed by atoms with Crippen LogP contribution < -0.4 is 5.32 Å². The summed E-state index contributed by atoms with van der Waals surface area (Å²) in [4.78, 5) is 21.6. The van der Waals surface area contributed by atoms with Crippen LogP contribution in [0.1, 0.15) is 20.2 Å². The van der Waals surface area contributed by atoms with Crippen molar-refractivity contribution in [3.05, 3.63) is 39.8 Å². The Morgan fingerprint density at radius 2 is 2.12 bits per heavy atom. The monoisotopic (exact) mass is 233 g/mol. The largest absolute Gasteiger partial charge is 0.290 e. The maximum absolute atomic E-state index is 11.8. The average molecular weight is 233 g/mol. The Bertz CT molecular complexity index is 521. The van der Waals surface area contributed by atoms with E-state index in [9.17, 15) is 4.79 Å². The summed E-state index contributed by atoms with van der Waals surface area (Å²) < 4.78 is 0. The Balaban J connectivity index is 2.13. The van der Waals surface area contributed by atoms with Gasteiger partial charge in [0.05, 0.1) is 4.88 Å². The van der Waals surface area contributed by atoms with Gasteiger partial charge in [0.25, 0.3) is 5.91 Å². The van der Waals surface area contributed by atoms with Crippen molar-refractivity contribution in [3.63, 3.8) is 0 Å². The first-order valence-corrected chi connectivity index (χ1v) is 5.64. The summed E-state index contributed by atoms with van der Waals surface area (Å²) in [6, 6.07) is 5.49. The standard InChI is InChI=1S/C11H11N3OS/c1-7-5-6-12-11(13-7)14-10(15)9-4-3-8(2)16-9/h3-6H,1-2H3,(H,12,13,14,15). The number of rotatable bonds is 2. The number of amides is 1. The van der Waals surface area contributed by atoms with Crippen molar-refractivity contribution >= 4 is 23.2 Å². The second-order valence-electron chi connectivity index (χ2n) is 3.39. The maximum Gasteiger partial charge on any atom is 0.268 e. The van der Waals surface area contributed by atoms with Crippen LogP contribution in [0.4, 0.5) is 5.95 Å². The van der Waals surface area contributed by atoms with Gasteiger partial charge in [-0.3, -0.25) is 10.1 Å². The Kier molecular flexibility index (Phi) is 2.96. The van der Waals surface area contributed by atoms with Crippen LogP contribution in [0.15, 0.2) is 24.4 Å². The lowest BCUT2D eigenvalue weighted by Crippen LogP contribution is -2.12. The van der Waals surface area contributed by atoms with Gasteiger partial charge >= 0.3 is 0 Å². The molecule has 0 aliphatic heterocycles. The number of nitrogens with zero attached hydrogens (tertiary/aromatic N) is 2. The Hall–Kier alpha value is -1.75. The van der Waals surface area contributed by atoms with E-state index in [4.69, 9.17) is 0 Å². The van der Waals surface area contributed by atoms with Crippen LogP contribution in [-0.2, 0) is 0 Å². The molecule has 2 aromatic heterocycles. The molecule has 0 spiro atoms. The predicted molar refractivity (Wildman–Crippen MR) is 63.8 cm³/mol. The fourth-order valence-corrected chi connectivity index (χ4v) is 1.99. The summed E-state index contributed by atoms with van der Waals surface area (Å²) in [5.74, 6) is 0.180. The minimum absolute atomic E-state index is 0.163. The number of hydrogen-bond acceptors (Lipinski definition) is 4. The summed E-state index contributed by atoms with van der Waals surface area (Å²) in [7, 11) is 0. The Morgan fingerprint density at radius 1 is 1.31 bits per heavy atom. The number of aryl methyl sites for hydroxylation is 2. The van der Waals surface area contributed by atoms with Crippen LogP contribution >= 0.6 is 11.3 Å². The fourth-order valence-electron chi connectivity index (χ4n) is 1.23. The maximum atomic E-state index is 11.8. The van der Waals surface area contributed by atoms with Gasteiger partial charge in [-0.2, -0.15) is 0 Å². The number of nitrogens with one attached hydrogen (secondary N) is 1. The van der Waals surface area contributed by atoms with Crippen molar-refractivity contribution in [3.8, 4) is 0 Å². The van der Waals surface area contributed by atoms with E-state index in [-0.39, 0.29) is 5.91 Å². The molecule has 0 aromatic carbocycles. The zero-order valence-electron chi connectivity index (χ0n) is 9.02. The SMILES string of the molecule is Cc1ccnc(NC(=O)c2ccc(C)s2)n1. The van der Waals surface area contributed by atoms with E-state index in [0.29, 0.717) is 10.8 Å². The van der Waals surface area contributed by atoms with Crippen molar-refractivity contribution in [2.24, 2.45) is 0 Å². The van der Waals surface area contributed by atoms with Crippen LogP contribution in [0.5, 0.6) is 0 Å². The van der Waals surface area contributed by atoms with E-state index in [1.54, 1.807) is 18.3 Å². The third-order valence-corrected chi connectivity index (χ3v) is 2.98. The van der Waals surface area contributed by atoms with E-state index in [2.05, 4.69) is 15.3 Å². The highest BCUT2D eigenvalue weighted by atomic mass is 32.1. The summed E-state index contributed by atoms with van der Waals surface area (Å²) in [5, 5.41) is 2.66. The molecule has 5 heteroatoms. The number of aromatic nitrogens is 2. The van der Waals surface area contributed by atoms with Gasteiger partial charge in [0.15, 0.2) is 0 Å². The summed E-state index contributed by atoms with van der Waals surface area (Å²) in [6.07, 6.45) is 1.62. The van der Waals surface area contributed by atoms with E-state index in [1.165, 1.54) is 11.3 Å². The quantitative estimate of drug-likeness (QED) is 0.866. The third kappa shape index (κ3) is 2.43. The van der Waals surface area contributed by atoms with Crippen molar-refractivity contribution < 1.29 is 4.79 Å². The summed E-state index contributed by atoms with van der Waals surface area (Å²) in [5.41, 5.74) is 0.827. The molecule has 2 heterocycles. The number of thiophene rings is 1. The Labute approximate surface area is 97.4 Å². The molecule has 1 N–H and O–H groups in total. The topological polar surface area (TPSA) is 54.9 Å². The molecule has 0 unspecified atom stereocenters. The van der Waals surface area contributed by atoms with Gasteiger partial charge in [0.2, 0.25) is 5.95 Å². The van der Waals surface area contributed by atoms with Crippen molar-refractivity contribution in [2.75, 3.05) is 5.32 Å². The minimum atomic E-state index is -0.163. The lowest BCUT2D eigenvalue weighted by molar-refractivity contribution is 0.102. The van der Waals surface area contributed by atoms with Gasteiger partial charge in [-0.15, -0.1) is 11.3 Å². The molecular formula is C11H11N3OS. The molecule has 0 aliphatic rings. The molecule has 2 rings (SSSR count). The van der Waals surface area contributed by atoms with Crippen LogP contribution in [0.25, 0.3) is 0 Å². The van der Waals surface area contributed by atoms with Gasteiger partial charge in [0.1, 0.15) is 0 Å². The molecule has 1 amide bonds. The molecule has 16 heavy (non-hydrogen) atoms. The van der Waals surface area contributed by atoms with E-state index in [0.717, 1.165) is 10.6 Å². The van der Waals surface area contributed by atoms with E-state index >= 15 is 0 Å². The molecule has 2 aromatic rings. The van der Waals surface area contributed by atoms with Gasteiger partial charge in [-0.1, -0.05) is 0 Å². The first-order valence-electron chi connectivity index (χ1n) is 4.82. The van der Waals surface area contributed by atoms with E-state index < -0.39 is 0 Å². The van der Waals surface area contributed by atoms with Gasteiger partial charge in [-0.05, 0) is 32.0 Å². The van der Waals surface area contributed by atoms with Crippen LogP contribution in [0.2, 0.25) is 0 Å². The van der Waals surface area contributed by atoms with Crippen molar-refractivity contribution in [1.29, 1.82) is 0 Å². The summed E-state index contributed by atoms with van der Waals surface area (Å²) >= 11 is 1.45. The number of hydrogen-bond donors (Lipinski definition) is 1. The molecule has 82 valence electrons. The molecule has 0 atom stereocenters. The third-order valence-electron chi connectivity index (χ3n) is 1.98. The zero-order valence-corrected chi connectivity index (χ0v) is 9.84. The molecule has 0 fully saturated rings. The molecular weight excluding hydrogens is 222 g/mol. The second-order valence-corrected chi connectivity index (χ2v) is 4.67. The van der Waals surface area contributed by atoms with Gasteiger partial charge in [-0.25, -0.2) is 9.97 Å². The summed E-state index contributed by atoms with van der Waals surface area (Å²) in [6.45, 7) is 3.82. The van der Waals surface area contributed by atoms with Crippen LogP contribution in [0.3, 0.4) is 0 Å². The highest BCUT2D eigenvalue weighted by molar-refractivity contribution is 7.14. The smallest absolute Gasteiger partial charge is 0.268 e. The molecule has 0 bridgehead atoms. The number of anilines is 1. The lowest BCUT2D eigenvalue weighted by atomic mass is 10.4.